The molecule has 0 spiro atoms. The van der Waals surface area contributed by atoms with Gasteiger partial charge in [-0.1, -0.05) is 164 Å². The second-order valence-electron chi connectivity index (χ2n) is 15.1. The molecule has 10 aromatic rings. The molecule has 3 heteroatoms. The van der Waals surface area contributed by atoms with Crippen LogP contribution >= 0.6 is 0 Å². The smallest absolute Gasteiger partial charge is 0.0794 e. The number of fused-ring (bicyclic) bond motifs is 6. The second-order valence-corrected chi connectivity index (χ2v) is 15.1. The van der Waals surface area contributed by atoms with E-state index in [1.54, 1.807) is 0 Å². The van der Waals surface area contributed by atoms with Crippen molar-refractivity contribution in [3.05, 3.63) is 224 Å². The normalized spacial score (nSPS) is 14.0. The molecular weight excluding hydrogens is 703 g/mol. The molecular formula is C55H39N3. The van der Waals surface area contributed by atoms with Gasteiger partial charge < -0.3 is 9.47 Å². The number of anilines is 2. The molecule has 1 atom stereocenters. The Bertz CT molecular complexity index is 3190. The van der Waals surface area contributed by atoms with Crippen molar-refractivity contribution in [1.29, 1.82) is 0 Å². The third kappa shape index (κ3) is 5.79. The van der Waals surface area contributed by atoms with Gasteiger partial charge in [0.05, 0.1) is 28.3 Å². The van der Waals surface area contributed by atoms with Crippen LogP contribution in [0.1, 0.15) is 12.0 Å². The van der Waals surface area contributed by atoms with Crippen LogP contribution < -0.4 is 4.90 Å². The molecule has 0 aliphatic heterocycles. The zero-order chi connectivity index (χ0) is 38.4. The molecule has 2 heterocycles. The fraction of sp³-hybridized carbons (Fsp3) is 0.0364. The van der Waals surface area contributed by atoms with Gasteiger partial charge in [0.2, 0.25) is 0 Å². The van der Waals surface area contributed by atoms with Gasteiger partial charge in [0, 0.05) is 44.2 Å². The van der Waals surface area contributed by atoms with Gasteiger partial charge >= 0.3 is 0 Å². The molecule has 0 amide bonds. The van der Waals surface area contributed by atoms with E-state index in [1.807, 2.05) is 0 Å². The van der Waals surface area contributed by atoms with E-state index in [-0.39, 0.29) is 6.04 Å². The van der Waals surface area contributed by atoms with Crippen LogP contribution in [0.15, 0.2) is 218 Å². The summed E-state index contributed by atoms with van der Waals surface area (Å²) in [5.41, 5.74) is 14.0. The van der Waals surface area contributed by atoms with Gasteiger partial charge in [-0.25, -0.2) is 4.98 Å². The minimum Gasteiger partial charge on any atom is -0.334 e. The van der Waals surface area contributed by atoms with E-state index in [1.165, 1.54) is 60.2 Å². The first-order valence-electron chi connectivity index (χ1n) is 20.1. The Kier molecular flexibility index (Phi) is 8.29. The van der Waals surface area contributed by atoms with E-state index in [9.17, 15) is 0 Å². The number of allylic oxidation sites excluding steroid dienone is 2. The zero-order valence-electron chi connectivity index (χ0n) is 31.9. The molecule has 2 aromatic heterocycles. The summed E-state index contributed by atoms with van der Waals surface area (Å²) in [4.78, 5) is 7.86. The van der Waals surface area contributed by atoms with Crippen LogP contribution in [0.3, 0.4) is 0 Å². The fourth-order valence-electron chi connectivity index (χ4n) is 9.06. The highest BCUT2D eigenvalue weighted by Crippen LogP contribution is 2.42. The predicted octanol–water partition coefficient (Wildman–Crippen LogP) is 14.4. The monoisotopic (exact) mass is 741 g/mol. The first-order chi connectivity index (χ1) is 28.8. The van der Waals surface area contributed by atoms with Crippen LogP contribution in [0.2, 0.25) is 0 Å². The minimum atomic E-state index is 0.0526. The summed E-state index contributed by atoms with van der Waals surface area (Å²) in [5.74, 6) is 0. The summed E-state index contributed by atoms with van der Waals surface area (Å²) >= 11 is 0. The van der Waals surface area contributed by atoms with E-state index in [2.05, 4.69) is 228 Å². The minimum absolute atomic E-state index is 0.0526. The average Bonchev–Trinajstić information content (AvgIpc) is 3.63. The number of rotatable bonds is 7. The first-order valence-corrected chi connectivity index (χ1v) is 20.1. The molecule has 3 nitrogen and oxygen atoms in total. The fourth-order valence-corrected chi connectivity index (χ4v) is 9.06. The highest BCUT2D eigenvalue weighted by atomic mass is 15.2. The van der Waals surface area contributed by atoms with E-state index in [0.29, 0.717) is 0 Å². The first kappa shape index (κ1) is 33.8. The average molecular weight is 742 g/mol. The third-order valence-corrected chi connectivity index (χ3v) is 11.7. The topological polar surface area (TPSA) is 21.1 Å². The van der Waals surface area contributed by atoms with Crippen LogP contribution in [0.25, 0.3) is 77.1 Å². The number of aromatic nitrogens is 2. The molecule has 1 aliphatic carbocycles. The zero-order valence-corrected chi connectivity index (χ0v) is 31.9. The number of hydrogen-bond donors (Lipinski definition) is 0. The maximum absolute atomic E-state index is 5.33. The highest BCUT2D eigenvalue weighted by Gasteiger charge is 2.26. The Morgan fingerprint density at radius 3 is 1.88 bits per heavy atom. The standard InChI is InChI=1S/C55H39N3/c1-3-16-38(17-4-1)39-30-32-42(33-31-39)57(44-34-35-54-51(37-44)48-25-12-14-29-53(48)58(54)41-19-5-2-6-20-41)43-21-15-18-40(36-43)45-22-7-9-26-49(45)55-50-27-10-8-23-46(50)47-24-11-13-28-52(47)56-55/h1-35,37,43H,36H2. The molecule has 0 bridgehead atoms. The molecule has 0 saturated carbocycles. The van der Waals surface area contributed by atoms with Crippen LogP contribution in [-0.2, 0) is 0 Å². The quantitative estimate of drug-likeness (QED) is 0.152. The number of para-hydroxylation sites is 3. The van der Waals surface area contributed by atoms with Crippen molar-refractivity contribution in [2.24, 2.45) is 0 Å². The van der Waals surface area contributed by atoms with Gasteiger partial charge in [0.15, 0.2) is 0 Å². The molecule has 274 valence electrons. The molecule has 0 saturated heterocycles. The summed E-state index contributed by atoms with van der Waals surface area (Å²) in [7, 11) is 0. The second kappa shape index (κ2) is 14.2. The Hall–Kier alpha value is -7.49. The lowest BCUT2D eigenvalue weighted by Crippen LogP contribution is -2.30. The van der Waals surface area contributed by atoms with Crippen LogP contribution in [0.4, 0.5) is 11.4 Å². The van der Waals surface area contributed by atoms with E-state index in [0.717, 1.165) is 40.3 Å². The highest BCUT2D eigenvalue weighted by molar-refractivity contribution is 6.12. The van der Waals surface area contributed by atoms with Crippen LogP contribution in [0, 0.1) is 0 Å². The summed E-state index contributed by atoms with van der Waals surface area (Å²) in [6.07, 6.45) is 7.73. The third-order valence-electron chi connectivity index (χ3n) is 11.7. The maximum Gasteiger partial charge on any atom is 0.0794 e. The SMILES string of the molecule is C1=CC(N(c2ccc(-c3ccccc3)cc2)c2ccc3c(c2)c2ccccc2n3-c2ccccc2)CC(c2ccccc2-c2nc3ccccc3c3ccccc23)=C1. The maximum atomic E-state index is 5.33. The van der Waals surface area contributed by atoms with Gasteiger partial charge in [-0.3, -0.25) is 0 Å². The van der Waals surface area contributed by atoms with Crippen molar-refractivity contribution in [3.63, 3.8) is 0 Å². The van der Waals surface area contributed by atoms with E-state index < -0.39 is 0 Å². The lowest BCUT2D eigenvalue weighted by atomic mass is 9.88. The Labute approximate surface area is 338 Å². The molecule has 8 aromatic carbocycles. The summed E-state index contributed by atoms with van der Waals surface area (Å²) in [6.45, 7) is 0. The summed E-state index contributed by atoms with van der Waals surface area (Å²) in [6, 6.07) is 72.2. The molecule has 0 fully saturated rings. The van der Waals surface area contributed by atoms with Crippen molar-refractivity contribution < 1.29 is 0 Å². The number of nitrogens with zero attached hydrogens (tertiary/aromatic N) is 3. The van der Waals surface area contributed by atoms with Crippen LogP contribution in [0.5, 0.6) is 0 Å². The summed E-state index contributed by atoms with van der Waals surface area (Å²) in [5, 5.41) is 6.05. The van der Waals surface area contributed by atoms with Crippen molar-refractivity contribution in [1.82, 2.24) is 9.55 Å². The molecule has 1 unspecified atom stereocenters. The van der Waals surface area contributed by atoms with Gasteiger partial charge in [0.1, 0.15) is 0 Å². The summed E-state index contributed by atoms with van der Waals surface area (Å²) < 4.78 is 2.39. The van der Waals surface area contributed by atoms with Gasteiger partial charge in [-0.05, 0) is 88.7 Å². The molecule has 0 N–H and O–H groups in total. The van der Waals surface area contributed by atoms with Crippen molar-refractivity contribution in [2.45, 2.75) is 12.5 Å². The molecule has 1 aliphatic rings. The largest absolute Gasteiger partial charge is 0.334 e. The molecule has 58 heavy (non-hydrogen) atoms. The Balaban J connectivity index is 1.04. The van der Waals surface area contributed by atoms with E-state index >= 15 is 0 Å². The predicted molar refractivity (Wildman–Crippen MR) is 245 cm³/mol. The van der Waals surface area contributed by atoms with Gasteiger partial charge in [0.25, 0.3) is 0 Å². The number of benzene rings is 8. The van der Waals surface area contributed by atoms with Gasteiger partial charge in [-0.15, -0.1) is 0 Å². The number of pyridine rings is 1. The van der Waals surface area contributed by atoms with Gasteiger partial charge in [-0.2, -0.15) is 0 Å². The lowest BCUT2D eigenvalue weighted by Gasteiger charge is -2.34. The number of hydrogen-bond acceptors (Lipinski definition) is 2. The molecule has 0 radical (unpaired) electrons. The van der Waals surface area contributed by atoms with E-state index in [4.69, 9.17) is 4.98 Å². The molecule has 11 rings (SSSR count). The lowest BCUT2D eigenvalue weighted by molar-refractivity contribution is 0.796. The Morgan fingerprint density at radius 2 is 1.07 bits per heavy atom. The van der Waals surface area contributed by atoms with Crippen molar-refractivity contribution in [3.8, 4) is 28.1 Å². The van der Waals surface area contributed by atoms with Crippen molar-refractivity contribution >= 4 is 60.4 Å². The van der Waals surface area contributed by atoms with Crippen LogP contribution in [-0.4, -0.2) is 15.6 Å². The van der Waals surface area contributed by atoms with Crippen molar-refractivity contribution in [2.75, 3.05) is 4.90 Å². The Morgan fingerprint density at radius 1 is 0.466 bits per heavy atom.